The number of hydrogen-bond acceptors (Lipinski definition) is 1. The van der Waals surface area contributed by atoms with Crippen molar-refractivity contribution in [3.63, 3.8) is 0 Å². The van der Waals surface area contributed by atoms with Gasteiger partial charge in [-0.25, -0.2) is 0 Å². The monoisotopic (exact) mass is 374 g/mol. The molecule has 1 aliphatic rings. The van der Waals surface area contributed by atoms with Gasteiger partial charge in [-0.2, -0.15) is 0 Å². The molecule has 0 N–H and O–H groups in total. The molecule has 1 atom stereocenters. The van der Waals surface area contributed by atoms with Crippen molar-refractivity contribution in [3.05, 3.63) is 100 Å². The molecule has 0 amide bonds. The number of ether oxygens (including phenoxy) is 1. The summed E-state index contributed by atoms with van der Waals surface area (Å²) in [4.78, 5) is 0. The van der Waals surface area contributed by atoms with Crippen LogP contribution in [0.1, 0.15) is 55.0 Å². The summed E-state index contributed by atoms with van der Waals surface area (Å²) in [6, 6.07) is 25.1. The highest BCUT2D eigenvalue weighted by atomic mass is 35.5. The van der Waals surface area contributed by atoms with E-state index in [9.17, 15) is 0 Å². The van der Waals surface area contributed by atoms with Gasteiger partial charge < -0.3 is 4.74 Å². The molecule has 3 aromatic carbocycles. The molecule has 136 valence electrons. The topological polar surface area (TPSA) is 9.23 Å². The summed E-state index contributed by atoms with van der Waals surface area (Å²) in [6.07, 6.45) is -0.137. The van der Waals surface area contributed by atoms with E-state index in [1.54, 1.807) is 0 Å². The minimum atomic E-state index is -0.137. The van der Waals surface area contributed by atoms with Gasteiger partial charge in [0.2, 0.25) is 0 Å². The number of hydrogen-bond donors (Lipinski definition) is 0. The van der Waals surface area contributed by atoms with E-state index < -0.39 is 0 Å². The standard InChI is InChI=1S/C25H23ClO/c1-16(2)18-8-10-20(11-9-18)25-24(19-12-14-21(26)15-13-19)17(3)22-6-4-5-7-23(22)27-25/h4-16,25H,1-3H3. The third kappa shape index (κ3) is 3.40. The predicted octanol–water partition coefficient (Wildman–Crippen LogP) is 7.53. The Labute approximate surface area is 166 Å². The minimum Gasteiger partial charge on any atom is -0.480 e. The van der Waals surface area contributed by atoms with E-state index in [-0.39, 0.29) is 6.10 Å². The molecule has 0 aliphatic carbocycles. The summed E-state index contributed by atoms with van der Waals surface area (Å²) in [5, 5.41) is 0.743. The first-order valence-corrected chi connectivity index (χ1v) is 9.75. The molecule has 0 spiro atoms. The summed E-state index contributed by atoms with van der Waals surface area (Å²) >= 11 is 6.12. The van der Waals surface area contributed by atoms with Crippen molar-refractivity contribution in [2.75, 3.05) is 0 Å². The maximum absolute atomic E-state index is 6.50. The van der Waals surface area contributed by atoms with Crippen LogP contribution in [0.5, 0.6) is 5.75 Å². The summed E-state index contributed by atoms with van der Waals surface area (Å²) in [6.45, 7) is 6.61. The van der Waals surface area contributed by atoms with Crippen molar-refractivity contribution in [1.29, 1.82) is 0 Å². The molecule has 0 bridgehead atoms. The molecular formula is C25H23ClO. The molecule has 1 unspecified atom stereocenters. The van der Waals surface area contributed by atoms with Crippen molar-refractivity contribution in [2.45, 2.75) is 32.8 Å². The molecule has 3 aromatic rings. The zero-order chi connectivity index (χ0) is 19.0. The van der Waals surface area contributed by atoms with Gasteiger partial charge in [0.15, 0.2) is 0 Å². The Bertz CT molecular complexity index is 982. The molecule has 1 aliphatic heterocycles. The SMILES string of the molecule is CC1=C(c2ccc(Cl)cc2)C(c2ccc(C(C)C)cc2)Oc2ccccc21. The number of allylic oxidation sites excluding steroid dienone is 1. The van der Waals surface area contributed by atoms with Crippen LogP contribution in [0, 0.1) is 0 Å². The lowest BCUT2D eigenvalue weighted by atomic mass is 9.86. The Morgan fingerprint density at radius 2 is 1.52 bits per heavy atom. The zero-order valence-corrected chi connectivity index (χ0v) is 16.6. The number of benzene rings is 3. The minimum absolute atomic E-state index is 0.137. The Morgan fingerprint density at radius 3 is 2.19 bits per heavy atom. The molecule has 0 saturated carbocycles. The number of halogens is 1. The molecular weight excluding hydrogens is 352 g/mol. The molecule has 0 aromatic heterocycles. The Balaban J connectivity index is 1.86. The first-order chi connectivity index (χ1) is 13.0. The maximum atomic E-state index is 6.50. The lowest BCUT2D eigenvalue weighted by Gasteiger charge is -2.31. The zero-order valence-electron chi connectivity index (χ0n) is 15.9. The molecule has 4 rings (SSSR count). The van der Waals surface area contributed by atoms with Gasteiger partial charge in [-0.15, -0.1) is 0 Å². The van der Waals surface area contributed by atoms with Gasteiger partial charge in [-0.1, -0.05) is 80.0 Å². The lowest BCUT2D eigenvalue weighted by molar-refractivity contribution is 0.260. The summed E-state index contributed by atoms with van der Waals surface area (Å²) in [5.74, 6) is 1.45. The maximum Gasteiger partial charge on any atom is 0.150 e. The highest BCUT2D eigenvalue weighted by Crippen LogP contribution is 2.46. The van der Waals surface area contributed by atoms with Gasteiger partial charge in [0.25, 0.3) is 0 Å². The fraction of sp³-hybridized carbons (Fsp3) is 0.200. The van der Waals surface area contributed by atoms with Crippen molar-refractivity contribution in [2.24, 2.45) is 0 Å². The summed E-state index contributed by atoms with van der Waals surface area (Å²) < 4.78 is 6.50. The van der Waals surface area contributed by atoms with Crippen LogP contribution in [0.4, 0.5) is 0 Å². The van der Waals surface area contributed by atoms with Crippen LogP contribution < -0.4 is 4.74 Å². The average molecular weight is 375 g/mol. The quantitative estimate of drug-likeness (QED) is 0.460. The second kappa shape index (κ2) is 7.25. The van der Waals surface area contributed by atoms with E-state index in [1.165, 1.54) is 22.3 Å². The van der Waals surface area contributed by atoms with Crippen LogP contribution in [-0.2, 0) is 0 Å². The van der Waals surface area contributed by atoms with E-state index in [2.05, 4.69) is 69.3 Å². The van der Waals surface area contributed by atoms with E-state index in [1.807, 2.05) is 24.3 Å². The predicted molar refractivity (Wildman–Crippen MR) is 114 cm³/mol. The number of fused-ring (bicyclic) bond motifs is 1. The highest BCUT2D eigenvalue weighted by Gasteiger charge is 2.29. The molecule has 1 heterocycles. The van der Waals surface area contributed by atoms with Crippen LogP contribution in [0.3, 0.4) is 0 Å². The number of para-hydroxylation sites is 1. The van der Waals surface area contributed by atoms with E-state index >= 15 is 0 Å². The van der Waals surface area contributed by atoms with Crippen LogP contribution in [0.15, 0.2) is 72.8 Å². The van der Waals surface area contributed by atoms with Gasteiger partial charge >= 0.3 is 0 Å². The fourth-order valence-corrected chi connectivity index (χ4v) is 3.82. The highest BCUT2D eigenvalue weighted by molar-refractivity contribution is 6.30. The largest absolute Gasteiger partial charge is 0.480 e. The first kappa shape index (κ1) is 17.9. The van der Waals surface area contributed by atoms with Crippen molar-refractivity contribution in [1.82, 2.24) is 0 Å². The second-order valence-electron chi connectivity index (χ2n) is 7.36. The molecule has 2 heteroatoms. The van der Waals surface area contributed by atoms with Crippen LogP contribution >= 0.6 is 11.6 Å². The number of rotatable bonds is 3. The Kier molecular flexibility index (Phi) is 4.80. The van der Waals surface area contributed by atoms with Crippen molar-refractivity contribution >= 4 is 22.7 Å². The van der Waals surface area contributed by atoms with E-state index in [0.717, 1.165) is 21.9 Å². The normalized spacial score (nSPS) is 16.3. The lowest BCUT2D eigenvalue weighted by Crippen LogP contribution is -2.16. The molecule has 0 fully saturated rings. The second-order valence-corrected chi connectivity index (χ2v) is 7.80. The van der Waals surface area contributed by atoms with Gasteiger partial charge in [-0.05, 0) is 53.3 Å². The molecule has 0 radical (unpaired) electrons. The average Bonchev–Trinajstić information content (AvgIpc) is 2.69. The van der Waals surface area contributed by atoms with Gasteiger partial charge in [-0.3, -0.25) is 0 Å². The van der Waals surface area contributed by atoms with Crippen LogP contribution in [0.2, 0.25) is 5.02 Å². The van der Waals surface area contributed by atoms with Crippen LogP contribution in [-0.4, -0.2) is 0 Å². The van der Waals surface area contributed by atoms with E-state index in [4.69, 9.17) is 16.3 Å². The summed E-state index contributed by atoms with van der Waals surface area (Å²) in [7, 11) is 0. The van der Waals surface area contributed by atoms with Crippen LogP contribution in [0.25, 0.3) is 11.1 Å². The molecule has 27 heavy (non-hydrogen) atoms. The Morgan fingerprint density at radius 1 is 0.852 bits per heavy atom. The first-order valence-electron chi connectivity index (χ1n) is 9.37. The van der Waals surface area contributed by atoms with E-state index in [0.29, 0.717) is 5.92 Å². The van der Waals surface area contributed by atoms with Gasteiger partial charge in [0.05, 0.1) is 0 Å². The van der Waals surface area contributed by atoms with Gasteiger partial charge in [0.1, 0.15) is 11.9 Å². The van der Waals surface area contributed by atoms with Crippen molar-refractivity contribution in [3.8, 4) is 5.75 Å². The Hall–Kier alpha value is -2.51. The third-order valence-corrected chi connectivity index (χ3v) is 5.52. The molecule has 1 nitrogen and oxygen atoms in total. The summed E-state index contributed by atoms with van der Waals surface area (Å²) in [5.41, 5.74) is 7.24. The molecule has 0 saturated heterocycles. The van der Waals surface area contributed by atoms with Crippen molar-refractivity contribution < 1.29 is 4.74 Å². The smallest absolute Gasteiger partial charge is 0.150 e. The van der Waals surface area contributed by atoms with Gasteiger partial charge in [0, 0.05) is 16.2 Å². The third-order valence-electron chi connectivity index (χ3n) is 5.26. The fourth-order valence-electron chi connectivity index (χ4n) is 3.69.